The van der Waals surface area contributed by atoms with E-state index in [2.05, 4.69) is 29.8 Å². The van der Waals surface area contributed by atoms with E-state index in [1.807, 2.05) is 29.2 Å². The van der Waals surface area contributed by atoms with Crippen LogP contribution in [0.1, 0.15) is 13.8 Å². The van der Waals surface area contributed by atoms with Crippen molar-refractivity contribution >= 4 is 27.5 Å². The molecule has 3 nitrogen and oxygen atoms in total. The second kappa shape index (κ2) is 4.69. The minimum atomic E-state index is 0.0257. The van der Waals surface area contributed by atoms with E-state index in [1.165, 1.54) is 0 Å². The maximum atomic E-state index is 11.9. The maximum absolute atomic E-state index is 11.9. The average molecular weight is 298 g/mol. The van der Waals surface area contributed by atoms with Gasteiger partial charge in [0, 0.05) is 11.9 Å². The normalized spacial score (nSPS) is 15.5. The molecule has 0 fully saturated rings. The Hall–Kier alpha value is -1.03. The average Bonchev–Trinajstić information content (AvgIpc) is 2.33. The van der Waals surface area contributed by atoms with Crippen molar-refractivity contribution in [3.8, 4) is 5.75 Å². The number of hydrogen-bond donors (Lipinski definition) is 0. The third kappa shape index (κ3) is 2.63. The third-order valence-corrected chi connectivity index (χ3v) is 4.27. The number of amides is 1. The molecular weight excluding hydrogens is 282 g/mol. The molecule has 0 N–H and O–H groups in total. The van der Waals surface area contributed by atoms with Crippen LogP contribution in [0, 0.1) is 5.41 Å². The molecule has 0 aliphatic carbocycles. The summed E-state index contributed by atoms with van der Waals surface area (Å²) in [6.07, 6.45) is 0. The highest BCUT2D eigenvalue weighted by molar-refractivity contribution is 9.09. The Morgan fingerprint density at radius 1 is 1.41 bits per heavy atom. The smallest absolute Gasteiger partial charge is 0.265 e. The summed E-state index contributed by atoms with van der Waals surface area (Å²) >= 11 is 3.49. The predicted octanol–water partition coefficient (Wildman–Crippen LogP) is 2.83. The van der Waals surface area contributed by atoms with Crippen LogP contribution in [-0.2, 0) is 4.79 Å². The summed E-state index contributed by atoms with van der Waals surface area (Å²) in [6, 6.07) is 7.67. The molecule has 0 bridgehead atoms. The van der Waals surface area contributed by atoms with Crippen molar-refractivity contribution in [3.63, 3.8) is 0 Å². The maximum Gasteiger partial charge on any atom is 0.265 e. The number of carbonyl (C=O) groups excluding carboxylic acids is 1. The van der Waals surface area contributed by atoms with Crippen molar-refractivity contribution in [1.82, 2.24) is 0 Å². The zero-order chi connectivity index (χ0) is 12.5. The van der Waals surface area contributed by atoms with Gasteiger partial charge < -0.3 is 9.64 Å². The zero-order valence-electron chi connectivity index (χ0n) is 10.1. The number of carbonyl (C=O) groups is 1. The van der Waals surface area contributed by atoms with Crippen LogP contribution in [0.4, 0.5) is 5.69 Å². The van der Waals surface area contributed by atoms with Gasteiger partial charge in [-0.3, -0.25) is 4.79 Å². The van der Waals surface area contributed by atoms with Gasteiger partial charge in [-0.15, -0.1) is 0 Å². The summed E-state index contributed by atoms with van der Waals surface area (Å²) in [5, 5.41) is 0.854. The lowest BCUT2D eigenvalue weighted by atomic mass is 9.95. The number of rotatable bonds is 3. The van der Waals surface area contributed by atoms with E-state index in [0.717, 1.165) is 16.8 Å². The summed E-state index contributed by atoms with van der Waals surface area (Å²) in [4.78, 5) is 13.8. The highest BCUT2D eigenvalue weighted by atomic mass is 79.9. The highest BCUT2D eigenvalue weighted by Crippen LogP contribution is 2.34. The van der Waals surface area contributed by atoms with Crippen LogP contribution in [0.5, 0.6) is 5.75 Å². The first kappa shape index (κ1) is 12.4. The van der Waals surface area contributed by atoms with E-state index >= 15 is 0 Å². The second-order valence-electron chi connectivity index (χ2n) is 5.03. The summed E-state index contributed by atoms with van der Waals surface area (Å²) in [5.74, 6) is 0.815. The van der Waals surface area contributed by atoms with Crippen LogP contribution in [0.3, 0.4) is 0 Å². The van der Waals surface area contributed by atoms with Gasteiger partial charge in [-0.05, 0) is 17.5 Å². The topological polar surface area (TPSA) is 29.5 Å². The molecule has 1 aliphatic rings. The standard InChI is InChI=1S/C13H16BrNO2/c1-13(2,8-14)9-15-10-5-3-4-6-11(10)17-7-12(15)16/h3-6H,7-9H2,1-2H3. The first-order chi connectivity index (χ1) is 8.03. The van der Waals surface area contributed by atoms with E-state index in [-0.39, 0.29) is 17.9 Å². The molecule has 2 rings (SSSR count). The molecule has 92 valence electrons. The molecule has 1 amide bonds. The first-order valence-corrected chi connectivity index (χ1v) is 6.74. The van der Waals surface area contributed by atoms with Gasteiger partial charge in [0.05, 0.1) is 5.69 Å². The van der Waals surface area contributed by atoms with Gasteiger partial charge in [0.1, 0.15) is 5.75 Å². The molecule has 1 aromatic rings. The first-order valence-electron chi connectivity index (χ1n) is 5.62. The molecule has 1 aromatic carbocycles. The molecule has 17 heavy (non-hydrogen) atoms. The Morgan fingerprint density at radius 2 is 2.12 bits per heavy atom. The van der Waals surface area contributed by atoms with Crippen molar-refractivity contribution in [3.05, 3.63) is 24.3 Å². The number of nitrogens with zero attached hydrogens (tertiary/aromatic N) is 1. The van der Waals surface area contributed by atoms with E-state index < -0.39 is 0 Å². The van der Waals surface area contributed by atoms with Crippen LogP contribution >= 0.6 is 15.9 Å². The van der Waals surface area contributed by atoms with E-state index in [0.29, 0.717) is 6.54 Å². The number of halogens is 1. The fraction of sp³-hybridized carbons (Fsp3) is 0.462. The van der Waals surface area contributed by atoms with Gasteiger partial charge in [0.2, 0.25) is 0 Å². The number of benzene rings is 1. The van der Waals surface area contributed by atoms with Crippen molar-refractivity contribution in [2.24, 2.45) is 5.41 Å². The third-order valence-electron chi connectivity index (χ3n) is 2.76. The van der Waals surface area contributed by atoms with Gasteiger partial charge >= 0.3 is 0 Å². The van der Waals surface area contributed by atoms with Crippen molar-refractivity contribution < 1.29 is 9.53 Å². The monoisotopic (exact) mass is 297 g/mol. The quantitative estimate of drug-likeness (QED) is 0.803. The van der Waals surface area contributed by atoms with Crippen LogP contribution in [0.2, 0.25) is 0 Å². The molecule has 0 radical (unpaired) electrons. The van der Waals surface area contributed by atoms with Crippen LogP contribution in [0.15, 0.2) is 24.3 Å². The van der Waals surface area contributed by atoms with Gasteiger partial charge in [0.15, 0.2) is 6.61 Å². The Kier molecular flexibility index (Phi) is 3.43. The van der Waals surface area contributed by atoms with Gasteiger partial charge in [-0.1, -0.05) is 41.9 Å². The Balaban J connectivity index is 2.30. The summed E-state index contributed by atoms with van der Waals surface area (Å²) in [5.41, 5.74) is 0.915. The molecule has 0 atom stereocenters. The van der Waals surface area contributed by atoms with Gasteiger partial charge in [0.25, 0.3) is 5.91 Å². The molecular formula is C13H16BrNO2. The minimum absolute atomic E-state index is 0.0257. The fourth-order valence-electron chi connectivity index (χ4n) is 1.80. The molecule has 0 aromatic heterocycles. The number of fused-ring (bicyclic) bond motifs is 1. The Labute approximate surface area is 110 Å². The molecule has 1 aliphatic heterocycles. The van der Waals surface area contributed by atoms with E-state index in [9.17, 15) is 4.79 Å². The Bertz CT molecular complexity index is 431. The lowest BCUT2D eigenvalue weighted by molar-refractivity contribution is -0.121. The molecule has 4 heteroatoms. The van der Waals surface area contributed by atoms with Crippen molar-refractivity contribution in [2.75, 3.05) is 23.4 Å². The Morgan fingerprint density at radius 3 is 2.82 bits per heavy atom. The summed E-state index contributed by atoms with van der Waals surface area (Å²) in [7, 11) is 0. The zero-order valence-corrected chi connectivity index (χ0v) is 11.7. The van der Waals surface area contributed by atoms with E-state index in [4.69, 9.17) is 4.74 Å². The second-order valence-corrected chi connectivity index (χ2v) is 5.59. The SMILES string of the molecule is CC(C)(CBr)CN1C(=O)COc2ccccc21. The number of anilines is 1. The number of ether oxygens (including phenoxy) is 1. The van der Waals surface area contributed by atoms with E-state index in [1.54, 1.807) is 0 Å². The van der Waals surface area contributed by atoms with Crippen LogP contribution in [-0.4, -0.2) is 24.4 Å². The molecule has 0 saturated carbocycles. The number of hydrogen-bond acceptors (Lipinski definition) is 2. The minimum Gasteiger partial charge on any atom is -0.482 e. The summed E-state index contributed by atoms with van der Waals surface area (Å²) in [6.45, 7) is 5.09. The molecule has 0 unspecified atom stereocenters. The fourth-order valence-corrected chi connectivity index (χ4v) is 1.97. The van der Waals surface area contributed by atoms with Crippen molar-refractivity contribution in [2.45, 2.75) is 13.8 Å². The molecule has 1 heterocycles. The largest absolute Gasteiger partial charge is 0.482 e. The van der Waals surface area contributed by atoms with Crippen molar-refractivity contribution in [1.29, 1.82) is 0 Å². The number of alkyl halides is 1. The van der Waals surface area contributed by atoms with Gasteiger partial charge in [-0.25, -0.2) is 0 Å². The lowest BCUT2D eigenvalue weighted by Crippen LogP contribution is -2.44. The number of para-hydroxylation sites is 2. The highest BCUT2D eigenvalue weighted by Gasteiger charge is 2.30. The van der Waals surface area contributed by atoms with Crippen LogP contribution < -0.4 is 9.64 Å². The van der Waals surface area contributed by atoms with Gasteiger partial charge in [-0.2, -0.15) is 0 Å². The predicted molar refractivity (Wildman–Crippen MR) is 71.9 cm³/mol. The molecule has 0 spiro atoms. The molecule has 0 saturated heterocycles. The lowest BCUT2D eigenvalue weighted by Gasteiger charge is -2.35. The van der Waals surface area contributed by atoms with Crippen LogP contribution in [0.25, 0.3) is 0 Å². The summed E-state index contributed by atoms with van der Waals surface area (Å²) < 4.78 is 5.41.